The van der Waals surface area contributed by atoms with Crippen LogP contribution in [0, 0.1) is 5.82 Å². The van der Waals surface area contributed by atoms with E-state index in [1.165, 1.54) is 44.6 Å². The lowest BCUT2D eigenvalue weighted by molar-refractivity contribution is -0.0193. The fraction of sp³-hybridized carbons (Fsp3) is 0.647. The predicted octanol–water partition coefficient (Wildman–Crippen LogP) is 3.54. The van der Waals surface area contributed by atoms with E-state index >= 15 is 0 Å². The number of rotatable bonds is 3. The predicted molar refractivity (Wildman–Crippen MR) is 76.5 cm³/mol. The summed E-state index contributed by atoms with van der Waals surface area (Å²) in [5.41, 5.74) is 1.05. The number of para-hydroxylation sites is 1. The molecule has 2 nitrogen and oxygen atoms in total. The molecule has 0 spiro atoms. The zero-order chi connectivity index (χ0) is 13.5. The number of halogens is 1. The van der Waals surface area contributed by atoms with Gasteiger partial charge in [-0.2, -0.15) is 0 Å². The van der Waals surface area contributed by atoms with Crippen molar-refractivity contribution in [3.05, 3.63) is 29.6 Å². The number of fused-ring (bicyclic) bond motifs is 1. The molecule has 1 heterocycles. The summed E-state index contributed by atoms with van der Waals surface area (Å²) in [4.78, 5) is 2.72. The van der Waals surface area contributed by atoms with Crippen molar-refractivity contribution in [1.82, 2.24) is 4.90 Å². The molecule has 1 aromatic carbocycles. The Morgan fingerprint density at radius 3 is 2.30 bits per heavy atom. The first kappa shape index (κ1) is 12.6. The second-order valence-corrected chi connectivity index (χ2v) is 6.51. The Morgan fingerprint density at radius 1 is 1.00 bits per heavy atom. The van der Waals surface area contributed by atoms with Gasteiger partial charge < -0.3 is 4.74 Å². The third-order valence-corrected chi connectivity index (χ3v) is 5.34. The summed E-state index contributed by atoms with van der Waals surface area (Å²) >= 11 is 0. The van der Waals surface area contributed by atoms with Crippen LogP contribution in [0.1, 0.15) is 44.1 Å². The molecule has 0 N–H and O–H groups in total. The largest absolute Gasteiger partial charge is 0.489 e. The Kier molecular flexibility index (Phi) is 3.18. The van der Waals surface area contributed by atoms with Crippen LogP contribution in [0.15, 0.2) is 18.2 Å². The minimum absolute atomic E-state index is 0.209. The summed E-state index contributed by atoms with van der Waals surface area (Å²) in [6.07, 6.45) is 9.03. The van der Waals surface area contributed by atoms with Crippen molar-refractivity contribution in [3.63, 3.8) is 0 Å². The fourth-order valence-electron chi connectivity index (χ4n) is 3.82. The van der Waals surface area contributed by atoms with E-state index in [0.717, 1.165) is 24.1 Å². The van der Waals surface area contributed by atoms with Gasteiger partial charge in [-0.15, -0.1) is 0 Å². The normalized spacial score (nSPS) is 26.6. The maximum Gasteiger partial charge on any atom is 0.165 e. The lowest BCUT2D eigenvalue weighted by atomic mass is 9.82. The molecule has 4 rings (SSSR count). The monoisotopic (exact) mass is 275 g/mol. The smallest absolute Gasteiger partial charge is 0.165 e. The van der Waals surface area contributed by atoms with Crippen molar-refractivity contribution in [3.8, 4) is 5.75 Å². The van der Waals surface area contributed by atoms with Crippen molar-refractivity contribution in [2.45, 2.75) is 63.1 Å². The van der Waals surface area contributed by atoms with Crippen LogP contribution in [-0.4, -0.2) is 29.6 Å². The molecule has 1 aromatic rings. The van der Waals surface area contributed by atoms with Crippen LogP contribution in [0.5, 0.6) is 5.75 Å². The highest BCUT2D eigenvalue weighted by Crippen LogP contribution is 2.38. The van der Waals surface area contributed by atoms with Crippen LogP contribution < -0.4 is 4.74 Å². The molecule has 2 aliphatic carbocycles. The third kappa shape index (κ3) is 2.03. The number of ether oxygens (including phenoxy) is 1. The van der Waals surface area contributed by atoms with Crippen LogP contribution >= 0.6 is 0 Å². The van der Waals surface area contributed by atoms with Gasteiger partial charge in [0, 0.05) is 18.1 Å². The van der Waals surface area contributed by atoms with E-state index in [-0.39, 0.29) is 5.82 Å². The molecule has 0 unspecified atom stereocenters. The standard InChI is InChI=1S/C17H22FNO/c18-16-9-1-4-12-10-15(11-20-17(12)16)19(13-5-2-6-13)14-7-3-8-14/h1,4,9,13-15H,2-3,5-8,10-11H2/t15-/m1/s1. The van der Waals surface area contributed by atoms with Crippen molar-refractivity contribution in [2.24, 2.45) is 0 Å². The van der Waals surface area contributed by atoms with Gasteiger partial charge in [0.25, 0.3) is 0 Å². The van der Waals surface area contributed by atoms with E-state index in [0.29, 0.717) is 18.4 Å². The van der Waals surface area contributed by atoms with Gasteiger partial charge in [-0.1, -0.05) is 25.0 Å². The summed E-state index contributed by atoms with van der Waals surface area (Å²) in [5, 5.41) is 0. The van der Waals surface area contributed by atoms with Crippen LogP contribution in [-0.2, 0) is 6.42 Å². The Labute approximate surface area is 119 Å². The van der Waals surface area contributed by atoms with Crippen molar-refractivity contribution < 1.29 is 9.13 Å². The summed E-state index contributed by atoms with van der Waals surface area (Å²) in [7, 11) is 0. The zero-order valence-corrected chi connectivity index (χ0v) is 11.9. The molecule has 1 aliphatic heterocycles. The van der Waals surface area contributed by atoms with Gasteiger partial charge in [-0.25, -0.2) is 4.39 Å². The number of hydrogen-bond acceptors (Lipinski definition) is 2. The van der Waals surface area contributed by atoms with Gasteiger partial charge in [-0.05, 0) is 43.7 Å². The summed E-state index contributed by atoms with van der Waals surface area (Å²) in [5.74, 6) is 0.283. The van der Waals surface area contributed by atoms with Crippen LogP contribution in [0.25, 0.3) is 0 Å². The third-order valence-electron chi connectivity index (χ3n) is 5.34. The molecule has 0 amide bonds. The molecule has 108 valence electrons. The highest BCUT2D eigenvalue weighted by atomic mass is 19.1. The van der Waals surface area contributed by atoms with Gasteiger partial charge >= 0.3 is 0 Å². The van der Waals surface area contributed by atoms with Crippen LogP contribution in [0.2, 0.25) is 0 Å². The highest BCUT2D eigenvalue weighted by Gasteiger charge is 2.39. The number of nitrogens with zero attached hydrogens (tertiary/aromatic N) is 1. The molecule has 3 heteroatoms. The van der Waals surface area contributed by atoms with E-state index in [1.807, 2.05) is 6.07 Å². The van der Waals surface area contributed by atoms with Crippen molar-refractivity contribution >= 4 is 0 Å². The van der Waals surface area contributed by atoms with Gasteiger partial charge in [0.2, 0.25) is 0 Å². The quantitative estimate of drug-likeness (QED) is 0.836. The molecular formula is C17H22FNO. The molecular weight excluding hydrogens is 253 g/mol. The van der Waals surface area contributed by atoms with E-state index in [1.54, 1.807) is 6.07 Å². The van der Waals surface area contributed by atoms with Gasteiger partial charge in [0.05, 0.1) is 0 Å². The molecule has 3 aliphatic rings. The Balaban J connectivity index is 1.56. The Hall–Kier alpha value is -1.09. The molecule has 0 radical (unpaired) electrons. The molecule has 0 aromatic heterocycles. The van der Waals surface area contributed by atoms with Crippen LogP contribution in [0.3, 0.4) is 0 Å². The minimum atomic E-state index is -0.209. The second kappa shape index (κ2) is 5.03. The first-order chi connectivity index (χ1) is 9.83. The van der Waals surface area contributed by atoms with Crippen molar-refractivity contribution in [1.29, 1.82) is 0 Å². The first-order valence-corrected chi connectivity index (χ1v) is 8.00. The maximum atomic E-state index is 13.7. The topological polar surface area (TPSA) is 12.5 Å². The Morgan fingerprint density at radius 2 is 1.70 bits per heavy atom. The minimum Gasteiger partial charge on any atom is -0.489 e. The summed E-state index contributed by atoms with van der Waals surface area (Å²) < 4.78 is 19.5. The highest BCUT2D eigenvalue weighted by molar-refractivity contribution is 5.37. The molecule has 2 saturated carbocycles. The number of benzene rings is 1. The maximum absolute atomic E-state index is 13.7. The van der Waals surface area contributed by atoms with E-state index in [4.69, 9.17) is 4.74 Å². The molecule has 20 heavy (non-hydrogen) atoms. The summed E-state index contributed by atoms with van der Waals surface area (Å²) in [6, 6.07) is 7.27. The van der Waals surface area contributed by atoms with Gasteiger partial charge in [-0.3, -0.25) is 4.90 Å². The average Bonchev–Trinajstić information content (AvgIpc) is 2.34. The fourth-order valence-corrected chi connectivity index (χ4v) is 3.82. The molecule has 2 fully saturated rings. The first-order valence-electron chi connectivity index (χ1n) is 8.00. The summed E-state index contributed by atoms with van der Waals surface area (Å²) in [6.45, 7) is 0.654. The number of hydrogen-bond donors (Lipinski definition) is 0. The lowest BCUT2D eigenvalue weighted by Crippen LogP contribution is -2.57. The Bertz CT molecular complexity index is 482. The van der Waals surface area contributed by atoms with Gasteiger partial charge in [0.1, 0.15) is 6.61 Å². The molecule has 0 saturated heterocycles. The molecule has 1 atom stereocenters. The average molecular weight is 275 g/mol. The zero-order valence-electron chi connectivity index (χ0n) is 11.9. The molecule has 0 bridgehead atoms. The van der Waals surface area contributed by atoms with E-state index < -0.39 is 0 Å². The lowest BCUT2D eigenvalue weighted by Gasteiger charge is -2.50. The second-order valence-electron chi connectivity index (χ2n) is 6.51. The van der Waals surface area contributed by atoms with Crippen molar-refractivity contribution in [2.75, 3.05) is 6.61 Å². The SMILES string of the molecule is Fc1cccc2c1OC[C@H](N(C1CCC1)C1CCC1)C2. The van der Waals surface area contributed by atoms with E-state index in [9.17, 15) is 4.39 Å². The van der Waals surface area contributed by atoms with Crippen LogP contribution in [0.4, 0.5) is 4.39 Å². The van der Waals surface area contributed by atoms with E-state index in [2.05, 4.69) is 4.90 Å². The van der Waals surface area contributed by atoms with Gasteiger partial charge in [0.15, 0.2) is 11.6 Å².